The number of carbonyl (C=O) groups excluding carboxylic acids is 2. The summed E-state index contributed by atoms with van der Waals surface area (Å²) < 4.78 is 10.3. The molecule has 1 spiro atoms. The number of nitrogens with two attached hydrogens (primary N) is 1. The van der Waals surface area contributed by atoms with E-state index in [1.54, 1.807) is 23.1 Å². The lowest BCUT2D eigenvalue weighted by Gasteiger charge is -2.34. The largest absolute Gasteiger partial charge is 0.465 e. The number of hydrogen-bond donors (Lipinski definition) is 1. The summed E-state index contributed by atoms with van der Waals surface area (Å²) >= 11 is 0. The molecule has 0 bridgehead atoms. The molecule has 1 aromatic carbocycles. The molecule has 0 saturated heterocycles. The summed E-state index contributed by atoms with van der Waals surface area (Å²) in [4.78, 5) is 26.1. The van der Waals surface area contributed by atoms with Crippen molar-refractivity contribution in [2.24, 2.45) is 5.41 Å². The van der Waals surface area contributed by atoms with Crippen molar-refractivity contribution in [3.63, 3.8) is 0 Å². The lowest BCUT2D eigenvalue weighted by Crippen LogP contribution is -2.39. The smallest absolute Gasteiger partial charge is 0.414 e. The quantitative estimate of drug-likeness (QED) is 0.642. The molecule has 26 heavy (non-hydrogen) atoms. The van der Waals surface area contributed by atoms with E-state index in [4.69, 9.17) is 15.2 Å². The molecule has 6 heteroatoms. The zero-order valence-corrected chi connectivity index (χ0v) is 15.8. The molecule has 1 heterocycles. The lowest BCUT2D eigenvalue weighted by atomic mass is 9.92. The first-order valence-electron chi connectivity index (χ1n) is 8.86. The number of rotatable bonds is 2. The number of nitrogens with zero attached hydrogens (tertiary/aromatic N) is 1. The van der Waals surface area contributed by atoms with Crippen LogP contribution in [0.5, 0.6) is 0 Å². The molecule has 1 aliphatic carbocycles. The van der Waals surface area contributed by atoms with Gasteiger partial charge in [0.25, 0.3) is 0 Å². The minimum Gasteiger partial charge on any atom is -0.465 e. The van der Waals surface area contributed by atoms with Gasteiger partial charge in [0.05, 0.1) is 18.4 Å². The fourth-order valence-electron chi connectivity index (χ4n) is 3.22. The minimum absolute atomic E-state index is 0.168. The first kappa shape index (κ1) is 18.3. The number of nitrogen functional groups attached to an aromatic ring is 1. The van der Waals surface area contributed by atoms with Gasteiger partial charge in [0, 0.05) is 17.8 Å². The molecule has 1 fully saturated rings. The summed E-state index contributed by atoms with van der Waals surface area (Å²) in [5, 5.41) is 0. The van der Waals surface area contributed by atoms with Crippen LogP contribution in [-0.4, -0.2) is 36.2 Å². The van der Waals surface area contributed by atoms with E-state index < -0.39 is 11.6 Å². The Bertz CT molecular complexity index is 773. The number of carbonyl (C=O) groups is 2. The van der Waals surface area contributed by atoms with Crippen molar-refractivity contribution in [2.75, 3.05) is 19.4 Å². The molecular formula is C20H26N2O4. The van der Waals surface area contributed by atoms with Gasteiger partial charge in [-0.15, -0.1) is 0 Å². The normalized spacial score (nSPS) is 18.3. The van der Waals surface area contributed by atoms with Crippen LogP contribution >= 0.6 is 0 Å². The molecule has 1 amide bonds. The lowest BCUT2D eigenvalue weighted by molar-refractivity contribution is 0.0337. The Morgan fingerprint density at radius 3 is 2.42 bits per heavy atom. The third kappa shape index (κ3) is 3.69. The Kier molecular flexibility index (Phi) is 4.46. The standard InChI is InChI=1S/C20H26N2O4/c1-19(2,3)26-18(24)22-10-9-20(7-8-20)12-16(22)14-6-5-13(11-15(14)21)17(23)25-4/h5-6,11-12H,7-10,21H2,1-4H3. The maximum atomic E-state index is 12.7. The second kappa shape index (κ2) is 6.34. The number of amides is 1. The fraction of sp³-hybridized carbons (Fsp3) is 0.500. The Morgan fingerprint density at radius 2 is 1.88 bits per heavy atom. The SMILES string of the molecule is COC(=O)c1ccc(C2=CC3(CCN2C(=O)OC(C)(C)C)CC3)c(N)c1. The van der Waals surface area contributed by atoms with E-state index in [1.165, 1.54) is 7.11 Å². The number of anilines is 1. The van der Waals surface area contributed by atoms with Gasteiger partial charge in [-0.05, 0) is 63.6 Å². The van der Waals surface area contributed by atoms with Crippen molar-refractivity contribution in [2.45, 2.75) is 45.6 Å². The van der Waals surface area contributed by atoms with Crippen LogP contribution in [0, 0.1) is 5.41 Å². The van der Waals surface area contributed by atoms with Crippen LogP contribution in [0.1, 0.15) is 56.0 Å². The summed E-state index contributed by atoms with van der Waals surface area (Å²) in [5.41, 5.74) is 8.12. The first-order valence-corrected chi connectivity index (χ1v) is 8.86. The summed E-state index contributed by atoms with van der Waals surface area (Å²) in [6.45, 7) is 6.14. The van der Waals surface area contributed by atoms with Gasteiger partial charge in [0.1, 0.15) is 5.60 Å². The second-order valence-electron chi connectivity index (χ2n) is 8.07. The van der Waals surface area contributed by atoms with Crippen LogP contribution in [-0.2, 0) is 9.47 Å². The van der Waals surface area contributed by atoms with Gasteiger partial charge in [0.15, 0.2) is 0 Å². The number of esters is 1. The van der Waals surface area contributed by atoms with E-state index in [0.29, 0.717) is 17.8 Å². The molecule has 0 atom stereocenters. The second-order valence-corrected chi connectivity index (χ2v) is 8.07. The number of ether oxygens (including phenoxy) is 2. The molecule has 0 radical (unpaired) electrons. The summed E-state index contributed by atoms with van der Waals surface area (Å²) in [7, 11) is 1.33. The Labute approximate surface area is 153 Å². The highest BCUT2D eigenvalue weighted by Crippen LogP contribution is 2.54. The number of methoxy groups -OCH3 is 1. The fourth-order valence-corrected chi connectivity index (χ4v) is 3.22. The summed E-state index contributed by atoms with van der Waals surface area (Å²) in [6, 6.07) is 5.02. The van der Waals surface area contributed by atoms with Crippen molar-refractivity contribution in [1.29, 1.82) is 0 Å². The van der Waals surface area contributed by atoms with E-state index in [0.717, 1.165) is 30.5 Å². The van der Waals surface area contributed by atoms with Crippen LogP contribution < -0.4 is 5.73 Å². The van der Waals surface area contributed by atoms with Gasteiger partial charge in [-0.25, -0.2) is 9.59 Å². The number of hydrogen-bond acceptors (Lipinski definition) is 5. The highest BCUT2D eigenvalue weighted by molar-refractivity contribution is 5.93. The molecule has 2 N–H and O–H groups in total. The molecule has 0 unspecified atom stereocenters. The third-order valence-corrected chi connectivity index (χ3v) is 4.82. The molecule has 0 aromatic heterocycles. The zero-order chi connectivity index (χ0) is 19.1. The molecule has 1 aliphatic heterocycles. The van der Waals surface area contributed by atoms with Gasteiger partial charge >= 0.3 is 12.1 Å². The van der Waals surface area contributed by atoms with Gasteiger partial charge in [-0.2, -0.15) is 0 Å². The van der Waals surface area contributed by atoms with Crippen molar-refractivity contribution >= 4 is 23.4 Å². The van der Waals surface area contributed by atoms with Crippen LogP contribution in [0.4, 0.5) is 10.5 Å². The van der Waals surface area contributed by atoms with Gasteiger partial charge in [-0.3, -0.25) is 4.90 Å². The molecule has 3 rings (SSSR count). The van der Waals surface area contributed by atoms with Gasteiger partial charge < -0.3 is 15.2 Å². The van der Waals surface area contributed by atoms with Crippen LogP contribution in [0.25, 0.3) is 5.70 Å². The van der Waals surface area contributed by atoms with E-state index in [2.05, 4.69) is 6.08 Å². The molecule has 1 saturated carbocycles. The average Bonchev–Trinajstić information content (AvgIpc) is 3.31. The Hall–Kier alpha value is -2.50. The van der Waals surface area contributed by atoms with Crippen molar-refractivity contribution in [3.8, 4) is 0 Å². The van der Waals surface area contributed by atoms with Crippen LogP contribution in [0.15, 0.2) is 24.3 Å². The van der Waals surface area contributed by atoms with E-state index >= 15 is 0 Å². The molecule has 140 valence electrons. The summed E-state index contributed by atoms with van der Waals surface area (Å²) in [5.74, 6) is -0.441. The first-order chi connectivity index (χ1) is 12.1. The predicted octanol–water partition coefficient (Wildman–Crippen LogP) is 3.82. The molecule has 1 aromatic rings. The molecule has 6 nitrogen and oxygen atoms in total. The topological polar surface area (TPSA) is 81.9 Å². The number of benzene rings is 1. The predicted molar refractivity (Wildman–Crippen MR) is 99.4 cm³/mol. The Balaban J connectivity index is 1.97. The van der Waals surface area contributed by atoms with Gasteiger partial charge in [0.2, 0.25) is 0 Å². The van der Waals surface area contributed by atoms with E-state index in [9.17, 15) is 9.59 Å². The maximum absolute atomic E-state index is 12.7. The average molecular weight is 358 g/mol. The monoisotopic (exact) mass is 358 g/mol. The van der Waals surface area contributed by atoms with E-state index in [1.807, 2.05) is 20.8 Å². The maximum Gasteiger partial charge on any atom is 0.414 e. The zero-order valence-electron chi connectivity index (χ0n) is 15.8. The van der Waals surface area contributed by atoms with Crippen molar-refractivity contribution in [3.05, 3.63) is 35.4 Å². The van der Waals surface area contributed by atoms with E-state index in [-0.39, 0.29) is 11.5 Å². The van der Waals surface area contributed by atoms with Gasteiger partial charge in [-0.1, -0.05) is 6.08 Å². The van der Waals surface area contributed by atoms with Crippen LogP contribution in [0.2, 0.25) is 0 Å². The summed E-state index contributed by atoms with van der Waals surface area (Å²) in [6.07, 6.45) is 4.94. The highest BCUT2D eigenvalue weighted by Gasteiger charge is 2.45. The third-order valence-electron chi connectivity index (χ3n) is 4.82. The molecule has 2 aliphatic rings. The highest BCUT2D eigenvalue weighted by atomic mass is 16.6. The number of allylic oxidation sites excluding steroid dienone is 1. The van der Waals surface area contributed by atoms with Crippen molar-refractivity contribution < 1.29 is 19.1 Å². The van der Waals surface area contributed by atoms with Crippen LogP contribution in [0.3, 0.4) is 0 Å². The molecular weight excluding hydrogens is 332 g/mol. The Morgan fingerprint density at radius 1 is 1.19 bits per heavy atom. The van der Waals surface area contributed by atoms with Crippen molar-refractivity contribution in [1.82, 2.24) is 4.90 Å². The minimum atomic E-state index is -0.572.